The first-order valence-corrected chi connectivity index (χ1v) is 12.9. The van der Waals surface area contributed by atoms with Gasteiger partial charge in [0.25, 0.3) is 0 Å². The molecule has 35 heavy (non-hydrogen) atoms. The molecule has 2 saturated heterocycles. The normalized spacial score (nSPS) is 32.7. The number of nitrogens with one attached hydrogen (secondary N) is 1. The Bertz CT molecular complexity index is 1090. The van der Waals surface area contributed by atoms with Crippen molar-refractivity contribution in [3.8, 4) is 11.3 Å². The molecule has 184 valence electrons. The van der Waals surface area contributed by atoms with Crippen molar-refractivity contribution in [1.82, 2.24) is 15.1 Å². The lowest BCUT2D eigenvalue weighted by Crippen LogP contribution is -2.62. The Morgan fingerprint density at radius 1 is 1.06 bits per heavy atom. The highest BCUT2D eigenvalue weighted by atomic mass is 19.2. The van der Waals surface area contributed by atoms with Gasteiger partial charge in [0, 0.05) is 42.8 Å². The van der Waals surface area contributed by atoms with Gasteiger partial charge in [0.15, 0.2) is 11.6 Å². The van der Waals surface area contributed by atoms with Crippen LogP contribution in [0.5, 0.6) is 0 Å². The number of hydrogen-bond acceptors (Lipinski definition) is 5. The fourth-order valence-electron chi connectivity index (χ4n) is 7.65. The number of likely N-dealkylation sites (tertiary alicyclic amines) is 1. The van der Waals surface area contributed by atoms with Crippen molar-refractivity contribution in [2.45, 2.75) is 56.0 Å². The minimum absolute atomic E-state index is 0.105. The van der Waals surface area contributed by atoms with Gasteiger partial charge in [-0.15, -0.1) is 10.2 Å². The topological polar surface area (TPSA) is 50.3 Å². The van der Waals surface area contributed by atoms with E-state index in [4.69, 9.17) is 4.74 Å². The van der Waals surface area contributed by atoms with E-state index in [-0.39, 0.29) is 16.6 Å². The molecule has 6 rings (SSSR count). The average Bonchev–Trinajstić information content (AvgIpc) is 3.56. The maximum absolute atomic E-state index is 14.1. The molecular weight excluding hydrogens is 451 g/mol. The van der Waals surface area contributed by atoms with Crippen molar-refractivity contribution >= 4 is 21.5 Å². The Morgan fingerprint density at radius 3 is 2.54 bits per heavy atom. The molecule has 4 fully saturated rings. The molecule has 3 heterocycles. The van der Waals surface area contributed by atoms with E-state index in [9.17, 15) is 13.2 Å². The minimum Gasteiger partial charge on any atom is -0.378 e. The van der Waals surface area contributed by atoms with E-state index in [1.807, 2.05) is 0 Å². The maximum atomic E-state index is 14.1. The van der Waals surface area contributed by atoms with Crippen molar-refractivity contribution in [1.29, 1.82) is 0 Å². The summed E-state index contributed by atoms with van der Waals surface area (Å²) in [6.07, 6.45) is 7.53. The van der Waals surface area contributed by atoms with Crippen molar-refractivity contribution in [3.05, 3.63) is 41.7 Å². The molecule has 2 saturated carbocycles. The van der Waals surface area contributed by atoms with E-state index < -0.39 is 17.5 Å². The summed E-state index contributed by atoms with van der Waals surface area (Å²) in [4.78, 5) is 2.74. The van der Waals surface area contributed by atoms with Gasteiger partial charge in [-0.05, 0) is 67.5 Å². The highest BCUT2D eigenvalue weighted by molar-refractivity contribution is 6.40. The molecule has 0 spiro atoms. The SMILES string of the molecule is BC(B)(N1C[C@H]2C[C@H](Nc3ccc(-c4cc(F)cc(F)c4F)nn3)C[C@H]2C1)C12CCC[C@H]1OCC2. The van der Waals surface area contributed by atoms with E-state index in [0.717, 1.165) is 38.6 Å². The van der Waals surface area contributed by atoms with Crippen LogP contribution in [0, 0.1) is 34.7 Å². The third-order valence-electron chi connectivity index (χ3n) is 9.62. The third-order valence-corrected chi connectivity index (χ3v) is 9.62. The summed E-state index contributed by atoms with van der Waals surface area (Å²) in [6.45, 7) is 3.15. The second-order valence-electron chi connectivity index (χ2n) is 11.5. The van der Waals surface area contributed by atoms with Gasteiger partial charge in [0.1, 0.15) is 27.3 Å². The molecular formula is C25H31B2F3N4O. The lowest BCUT2D eigenvalue weighted by molar-refractivity contribution is 0.0252. The molecule has 5 nitrogen and oxygen atoms in total. The average molecular weight is 482 g/mol. The number of nitrogens with zero attached hydrogens (tertiary/aromatic N) is 3. The molecule has 1 unspecified atom stereocenters. The Hall–Kier alpha value is -2.06. The van der Waals surface area contributed by atoms with Crippen LogP contribution in [0.1, 0.15) is 38.5 Å². The Kier molecular flexibility index (Phi) is 5.68. The van der Waals surface area contributed by atoms with Crippen LogP contribution in [0.2, 0.25) is 0 Å². The van der Waals surface area contributed by atoms with Crippen LogP contribution in [0.3, 0.4) is 0 Å². The van der Waals surface area contributed by atoms with Crippen LogP contribution < -0.4 is 5.32 Å². The second-order valence-corrected chi connectivity index (χ2v) is 11.5. The molecule has 0 amide bonds. The summed E-state index contributed by atoms with van der Waals surface area (Å²) in [5.74, 6) is -1.29. The number of aromatic nitrogens is 2. The first-order chi connectivity index (χ1) is 16.8. The van der Waals surface area contributed by atoms with Gasteiger partial charge >= 0.3 is 0 Å². The standard InChI is InChI=1S/C25H31B2F3N4O/c26-25(27,24-5-1-2-21(24)35-7-6-24)34-12-14-8-17(9-15(14)13-34)31-22-4-3-20(32-33-22)18-10-16(28)11-19(29)23(18)30/h3-4,10-11,14-15,17,21H,1-2,5-9,12-13,26-27H2,(H,31,33)/t14-,15+,17+,21-,24?/m1/s1. The fraction of sp³-hybridized carbons (Fsp3) is 0.600. The molecule has 2 aliphatic heterocycles. The smallest absolute Gasteiger partial charge is 0.168 e. The Labute approximate surface area is 206 Å². The highest BCUT2D eigenvalue weighted by Gasteiger charge is 2.59. The number of anilines is 1. The number of halogens is 3. The molecule has 2 aliphatic carbocycles. The Morgan fingerprint density at radius 2 is 1.83 bits per heavy atom. The van der Waals surface area contributed by atoms with Crippen LogP contribution in [0.25, 0.3) is 11.3 Å². The van der Waals surface area contributed by atoms with Gasteiger partial charge < -0.3 is 15.0 Å². The second kappa shape index (κ2) is 8.51. The van der Waals surface area contributed by atoms with Gasteiger partial charge in [-0.1, -0.05) is 6.42 Å². The van der Waals surface area contributed by atoms with E-state index >= 15 is 0 Å². The van der Waals surface area contributed by atoms with Crippen LogP contribution in [0.4, 0.5) is 19.0 Å². The Balaban J connectivity index is 1.09. The van der Waals surface area contributed by atoms with Crippen LogP contribution in [-0.2, 0) is 4.74 Å². The van der Waals surface area contributed by atoms with Gasteiger partial charge in [-0.2, -0.15) is 0 Å². The highest BCUT2D eigenvalue weighted by Crippen LogP contribution is 2.55. The first kappa shape index (κ1) is 23.3. The largest absolute Gasteiger partial charge is 0.378 e. The summed E-state index contributed by atoms with van der Waals surface area (Å²) >= 11 is 0. The predicted molar refractivity (Wildman–Crippen MR) is 133 cm³/mol. The zero-order chi connectivity index (χ0) is 24.4. The summed E-state index contributed by atoms with van der Waals surface area (Å²) in [7, 11) is 4.89. The zero-order valence-corrected chi connectivity index (χ0v) is 20.4. The number of rotatable bonds is 5. The van der Waals surface area contributed by atoms with Crippen molar-refractivity contribution in [3.63, 3.8) is 0 Å². The summed E-state index contributed by atoms with van der Waals surface area (Å²) in [5.41, 5.74) is 0.175. The number of hydrogen-bond donors (Lipinski definition) is 1. The van der Waals surface area contributed by atoms with E-state index in [2.05, 4.69) is 36.1 Å². The fourth-order valence-corrected chi connectivity index (χ4v) is 7.65. The van der Waals surface area contributed by atoms with Crippen LogP contribution in [0.15, 0.2) is 24.3 Å². The van der Waals surface area contributed by atoms with Gasteiger partial charge in [0.2, 0.25) is 0 Å². The molecule has 2 aromatic rings. The first-order valence-electron chi connectivity index (χ1n) is 12.9. The van der Waals surface area contributed by atoms with Crippen molar-refractivity contribution < 1.29 is 17.9 Å². The number of ether oxygens (including phenoxy) is 1. The van der Waals surface area contributed by atoms with E-state index in [1.54, 1.807) is 12.1 Å². The van der Waals surface area contributed by atoms with Crippen molar-refractivity contribution in [2.24, 2.45) is 17.3 Å². The molecule has 1 N–H and O–H groups in total. The van der Waals surface area contributed by atoms with Crippen LogP contribution in [-0.4, -0.2) is 68.0 Å². The van der Waals surface area contributed by atoms with Gasteiger partial charge in [0.05, 0.1) is 11.8 Å². The molecule has 5 atom stereocenters. The number of fused-ring (bicyclic) bond motifs is 2. The monoisotopic (exact) mass is 482 g/mol. The molecule has 0 radical (unpaired) electrons. The maximum Gasteiger partial charge on any atom is 0.168 e. The summed E-state index contributed by atoms with van der Waals surface area (Å²) in [6, 6.07) is 5.02. The van der Waals surface area contributed by atoms with E-state index in [1.165, 1.54) is 25.7 Å². The molecule has 10 heteroatoms. The van der Waals surface area contributed by atoms with Crippen molar-refractivity contribution in [2.75, 3.05) is 25.0 Å². The molecule has 0 bridgehead atoms. The quantitative estimate of drug-likeness (QED) is 0.525. The predicted octanol–water partition coefficient (Wildman–Crippen LogP) is 2.56. The van der Waals surface area contributed by atoms with E-state index in [0.29, 0.717) is 41.3 Å². The summed E-state index contributed by atoms with van der Waals surface area (Å²) < 4.78 is 47.3. The lowest BCUT2D eigenvalue weighted by atomic mass is 9.45. The van der Waals surface area contributed by atoms with Gasteiger partial charge in [-0.25, -0.2) is 13.2 Å². The molecule has 1 aromatic heterocycles. The lowest BCUT2D eigenvalue weighted by Gasteiger charge is -2.51. The zero-order valence-electron chi connectivity index (χ0n) is 20.4. The number of benzene rings is 1. The molecule has 1 aromatic carbocycles. The minimum atomic E-state index is -1.23. The van der Waals surface area contributed by atoms with Gasteiger partial charge in [-0.3, -0.25) is 0 Å². The summed E-state index contributed by atoms with van der Waals surface area (Å²) in [5, 5.41) is 11.8. The van der Waals surface area contributed by atoms with Crippen LogP contribution >= 0.6 is 0 Å². The third kappa shape index (κ3) is 3.79. The molecule has 4 aliphatic rings.